The van der Waals surface area contributed by atoms with E-state index in [4.69, 9.17) is 18.9 Å². The summed E-state index contributed by atoms with van der Waals surface area (Å²) in [5.74, 6) is 0.187. The molecule has 0 heterocycles. The molecule has 2 rings (SSSR count). The second-order valence-corrected chi connectivity index (χ2v) is 8.74. The van der Waals surface area contributed by atoms with Gasteiger partial charge < -0.3 is 24.3 Å². The van der Waals surface area contributed by atoms with Crippen LogP contribution >= 0.6 is 0 Å². The summed E-state index contributed by atoms with van der Waals surface area (Å²) in [5.41, 5.74) is 0.678. The largest absolute Gasteiger partial charge is 0.497 e. The molecule has 0 saturated carbocycles. The van der Waals surface area contributed by atoms with E-state index in [0.717, 1.165) is 0 Å². The van der Waals surface area contributed by atoms with Crippen molar-refractivity contribution in [3.63, 3.8) is 0 Å². The summed E-state index contributed by atoms with van der Waals surface area (Å²) in [7, 11) is 0.528. The zero-order valence-electron chi connectivity index (χ0n) is 19.1. The fourth-order valence-electron chi connectivity index (χ4n) is 2.90. The van der Waals surface area contributed by atoms with Crippen molar-refractivity contribution >= 4 is 21.9 Å². The van der Waals surface area contributed by atoms with Gasteiger partial charge in [0.1, 0.15) is 23.3 Å². The Morgan fingerprint density at radius 1 is 0.909 bits per heavy atom. The minimum atomic E-state index is -3.97. The molecule has 0 bridgehead atoms. The lowest BCUT2D eigenvalue weighted by Crippen LogP contribution is -2.41. The van der Waals surface area contributed by atoms with E-state index in [-0.39, 0.29) is 4.90 Å². The average Bonchev–Trinajstić information content (AvgIpc) is 2.81. The molecule has 1 unspecified atom stereocenters. The lowest BCUT2D eigenvalue weighted by molar-refractivity contribution is -0.149. The molecule has 2 N–H and O–H groups in total. The molecular weight excluding hydrogens is 452 g/mol. The first-order valence-electron chi connectivity index (χ1n) is 9.95. The van der Waals surface area contributed by atoms with Crippen LogP contribution in [0.25, 0.3) is 0 Å². The molecule has 11 heteroatoms. The van der Waals surface area contributed by atoms with E-state index >= 15 is 0 Å². The number of amides is 1. The fraction of sp³-hybridized carbons (Fsp3) is 0.364. The van der Waals surface area contributed by atoms with Gasteiger partial charge in [-0.1, -0.05) is 0 Å². The van der Waals surface area contributed by atoms with Gasteiger partial charge in [-0.05, 0) is 56.3 Å². The van der Waals surface area contributed by atoms with E-state index in [2.05, 4.69) is 10.0 Å². The summed E-state index contributed by atoms with van der Waals surface area (Å²) >= 11 is 0. The van der Waals surface area contributed by atoms with Gasteiger partial charge in [0.25, 0.3) is 5.91 Å². The van der Waals surface area contributed by atoms with Crippen LogP contribution in [0.1, 0.15) is 25.5 Å². The summed E-state index contributed by atoms with van der Waals surface area (Å²) in [4.78, 5) is 24.4. The number of benzene rings is 2. The van der Waals surface area contributed by atoms with E-state index in [1.54, 1.807) is 25.1 Å². The van der Waals surface area contributed by atoms with Crippen LogP contribution in [0.15, 0.2) is 47.4 Å². The number of esters is 1. The molecule has 180 valence electrons. The van der Waals surface area contributed by atoms with Crippen molar-refractivity contribution in [3.8, 4) is 17.2 Å². The number of nitrogens with one attached hydrogen (secondary N) is 2. The normalized spacial score (nSPS) is 12.9. The lowest BCUT2D eigenvalue weighted by atomic mass is 10.1. The van der Waals surface area contributed by atoms with Gasteiger partial charge in [0.2, 0.25) is 10.0 Å². The molecule has 0 saturated heterocycles. The van der Waals surface area contributed by atoms with Crippen LogP contribution in [-0.2, 0) is 24.3 Å². The van der Waals surface area contributed by atoms with Crippen LogP contribution in [0, 0.1) is 0 Å². The van der Waals surface area contributed by atoms with Crippen molar-refractivity contribution in [2.75, 3.05) is 27.9 Å². The third-order valence-corrected chi connectivity index (χ3v) is 6.24. The third-order valence-electron chi connectivity index (χ3n) is 4.68. The highest BCUT2D eigenvalue weighted by molar-refractivity contribution is 7.89. The van der Waals surface area contributed by atoms with E-state index in [9.17, 15) is 18.0 Å². The number of hydrogen-bond donors (Lipinski definition) is 2. The number of carbonyl (C=O) groups excluding carboxylic acids is 2. The Balaban J connectivity index is 1.92. The zero-order valence-corrected chi connectivity index (χ0v) is 19.9. The minimum Gasteiger partial charge on any atom is -0.497 e. The van der Waals surface area contributed by atoms with Gasteiger partial charge in [-0.15, -0.1) is 0 Å². The second kappa shape index (κ2) is 11.5. The summed E-state index contributed by atoms with van der Waals surface area (Å²) in [6.45, 7) is 2.48. The molecule has 0 radical (unpaired) electrons. The summed E-state index contributed by atoms with van der Waals surface area (Å²) < 4.78 is 47.6. The maximum atomic E-state index is 12.4. The van der Waals surface area contributed by atoms with Gasteiger partial charge in [0, 0.05) is 5.56 Å². The summed E-state index contributed by atoms with van der Waals surface area (Å²) in [5, 5.41) is 2.70. The topological polar surface area (TPSA) is 129 Å². The molecule has 1 amide bonds. The Bertz CT molecular complexity index is 1070. The van der Waals surface area contributed by atoms with Gasteiger partial charge >= 0.3 is 5.97 Å². The van der Waals surface area contributed by atoms with Crippen LogP contribution in [-0.4, -0.2) is 54.3 Å². The lowest BCUT2D eigenvalue weighted by Gasteiger charge is -2.19. The maximum Gasteiger partial charge on any atom is 0.324 e. The van der Waals surface area contributed by atoms with E-state index in [1.807, 2.05) is 0 Å². The quantitative estimate of drug-likeness (QED) is 0.466. The molecule has 2 aromatic rings. The van der Waals surface area contributed by atoms with E-state index in [1.165, 1.54) is 52.5 Å². The molecule has 0 aliphatic heterocycles. The van der Waals surface area contributed by atoms with Crippen molar-refractivity contribution < 1.29 is 37.0 Å². The standard InChI is InChI=1S/C22H28N2O8S/c1-14(19-12-17(30-4)8-11-20(19)31-5)23-21(25)13-32-22(26)15(2)24-33(27,28)18-9-6-16(29-3)7-10-18/h6-12,14-15,24H,13H2,1-5H3,(H,23,25)/t14?,15-/m0/s1. The van der Waals surface area contributed by atoms with Crippen LogP contribution in [0.2, 0.25) is 0 Å². The monoisotopic (exact) mass is 480 g/mol. The van der Waals surface area contributed by atoms with Gasteiger partial charge in [-0.3, -0.25) is 9.59 Å². The van der Waals surface area contributed by atoms with Crippen molar-refractivity contribution in [2.45, 2.75) is 30.8 Å². The van der Waals surface area contributed by atoms with Crippen molar-refractivity contribution in [3.05, 3.63) is 48.0 Å². The van der Waals surface area contributed by atoms with Gasteiger partial charge in [0.05, 0.1) is 32.3 Å². The molecule has 0 aromatic heterocycles. The number of methoxy groups -OCH3 is 3. The molecule has 0 spiro atoms. The zero-order chi connectivity index (χ0) is 24.6. The maximum absolute atomic E-state index is 12.4. The first kappa shape index (κ1) is 25.9. The smallest absolute Gasteiger partial charge is 0.324 e. The summed E-state index contributed by atoms with van der Waals surface area (Å²) in [6.07, 6.45) is 0. The highest BCUT2D eigenvalue weighted by atomic mass is 32.2. The first-order chi connectivity index (χ1) is 15.6. The van der Waals surface area contributed by atoms with Crippen LogP contribution < -0.4 is 24.2 Å². The number of rotatable bonds is 11. The highest BCUT2D eigenvalue weighted by Gasteiger charge is 2.24. The fourth-order valence-corrected chi connectivity index (χ4v) is 4.10. The van der Waals surface area contributed by atoms with Gasteiger partial charge in [-0.2, -0.15) is 4.72 Å². The number of ether oxygens (including phenoxy) is 4. The molecule has 2 aromatic carbocycles. The number of carbonyl (C=O) groups is 2. The SMILES string of the molecule is COc1ccc(S(=O)(=O)N[C@@H](C)C(=O)OCC(=O)NC(C)c2cc(OC)ccc2OC)cc1. The van der Waals surface area contributed by atoms with Gasteiger partial charge in [0.15, 0.2) is 6.61 Å². The minimum absolute atomic E-state index is 0.0400. The molecule has 10 nitrogen and oxygen atoms in total. The predicted octanol–water partition coefficient (Wildman–Crippen LogP) is 1.80. The van der Waals surface area contributed by atoms with E-state index in [0.29, 0.717) is 22.8 Å². The molecular formula is C22H28N2O8S. The van der Waals surface area contributed by atoms with Crippen molar-refractivity contribution in [1.29, 1.82) is 0 Å². The third kappa shape index (κ3) is 7.09. The van der Waals surface area contributed by atoms with Crippen LogP contribution in [0.5, 0.6) is 17.2 Å². The van der Waals surface area contributed by atoms with Crippen LogP contribution in [0.3, 0.4) is 0 Å². The Kier molecular flexibility index (Phi) is 9.06. The van der Waals surface area contributed by atoms with E-state index < -0.39 is 40.6 Å². The molecule has 33 heavy (non-hydrogen) atoms. The average molecular weight is 481 g/mol. The summed E-state index contributed by atoms with van der Waals surface area (Å²) in [6, 6.07) is 9.17. The Hall–Kier alpha value is -3.31. The highest BCUT2D eigenvalue weighted by Crippen LogP contribution is 2.29. The van der Waals surface area contributed by atoms with Gasteiger partial charge in [-0.25, -0.2) is 8.42 Å². The van der Waals surface area contributed by atoms with Crippen LogP contribution in [0.4, 0.5) is 0 Å². The molecule has 0 fully saturated rings. The van der Waals surface area contributed by atoms with Crippen molar-refractivity contribution in [1.82, 2.24) is 10.0 Å². The van der Waals surface area contributed by atoms with Crippen molar-refractivity contribution in [2.24, 2.45) is 0 Å². The number of sulfonamides is 1. The predicted molar refractivity (Wildman–Crippen MR) is 120 cm³/mol. The first-order valence-corrected chi connectivity index (χ1v) is 11.4. The Labute approximate surface area is 193 Å². The number of hydrogen-bond acceptors (Lipinski definition) is 8. The Morgan fingerprint density at radius 3 is 2.09 bits per heavy atom. The molecule has 2 atom stereocenters. The Morgan fingerprint density at radius 2 is 1.52 bits per heavy atom. The molecule has 0 aliphatic rings. The molecule has 0 aliphatic carbocycles. The second-order valence-electron chi connectivity index (χ2n) is 7.02.